The SMILES string of the molecule is Cc1nc(CN2CCC3(CCCN(C4CCOC4)C3)C2=O)cs1. The number of hydrogen-bond acceptors (Lipinski definition) is 5. The van der Waals surface area contributed by atoms with Gasteiger partial charge in [-0.15, -0.1) is 11.3 Å². The van der Waals surface area contributed by atoms with E-state index in [1.165, 1.54) is 0 Å². The summed E-state index contributed by atoms with van der Waals surface area (Å²) in [6, 6.07) is 0.523. The third kappa shape index (κ3) is 2.92. The van der Waals surface area contributed by atoms with Crippen LogP contribution in [0.5, 0.6) is 0 Å². The third-order valence-corrected chi connectivity index (χ3v) is 6.47. The van der Waals surface area contributed by atoms with Gasteiger partial charge in [-0.1, -0.05) is 0 Å². The van der Waals surface area contributed by atoms with E-state index in [9.17, 15) is 4.79 Å². The second-order valence-corrected chi connectivity index (χ2v) is 8.27. The Balaban J connectivity index is 1.45. The number of likely N-dealkylation sites (tertiary alicyclic amines) is 2. The molecule has 2 unspecified atom stereocenters. The van der Waals surface area contributed by atoms with Crippen molar-refractivity contribution in [3.05, 3.63) is 16.1 Å². The summed E-state index contributed by atoms with van der Waals surface area (Å²) in [6.45, 7) is 7.33. The van der Waals surface area contributed by atoms with E-state index in [1.54, 1.807) is 11.3 Å². The molecule has 1 aromatic rings. The molecule has 1 aromatic heterocycles. The molecule has 0 aliphatic carbocycles. The van der Waals surface area contributed by atoms with Crippen LogP contribution in [0.15, 0.2) is 5.38 Å². The number of amides is 1. The van der Waals surface area contributed by atoms with Gasteiger partial charge in [-0.2, -0.15) is 0 Å². The summed E-state index contributed by atoms with van der Waals surface area (Å²) in [5.74, 6) is 0.353. The van der Waals surface area contributed by atoms with E-state index >= 15 is 0 Å². The Morgan fingerprint density at radius 2 is 2.35 bits per heavy atom. The highest BCUT2D eigenvalue weighted by atomic mass is 32.1. The van der Waals surface area contributed by atoms with Gasteiger partial charge in [-0.3, -0.25) is 9.69 Å². The fourth-order valence-corrected chi connectivity index (χ4v) is 4.99. The number of carbonyl (C=O) groups is 1. The molecule has 0 aromatic carbocycles. The smallest absolute Gasteiger partial charge is 0.230 e. The normalized spacial score (nSPS) is 32.3. The summed E-state index contributed by atoms with van der Waals surface area (Å²) in [5.41, 5.74) is 0.890. The van der Waals surface area contributed by atoms with Gasteiger partial charge in [0, 0.05) is 31.1 Å². The molecule has 126 valence electrons. The number of thiazole rings is 1. The van der Waals surface area contributed by atoms with Gasteiger partial charge in [0.25, 0.3) is 0 Å². The highest BCUT2D eigenvalue weighted by Gasteiger charge is 2.49. The van der Waals surface area contributed by atoms with Gasteiger partial charge >= 0.3 is 0 Å². The maximum Gasteiger partial charge on any atom is 0.230 e. The molecule has 0 bridgehead atoms. The largest absolute Gasteiger partial charge is 0.380 e. The van der Waals surface area contributed by atoms with Crippen molar-refractivity contribution in [2.45, 2.75) is 45.2 Å². The van der Waals surface area contributed by atoms with Gasteiger partial charge in [0.15, 0.2) is 0 Å². The number of hydrogen-bond donors (Lipinski definition) is 0. The first kappa shape index (κ1) is 15.5. The van der Waals surface area contributed by atoms with E-state index in [2.05, 4.69) is 15.3 Å². The second kappa shape index (κ2) is 6.15. The Kier molecular flexibility index (Phi) is 4.15. The molecule has 0 radical (unpaired) electrons. The number of nitrogens with zero attached hydrogens (tertiary/aromatic N) is 3. The minimum absolute atomic E-state index is 0.147. The van der Waals surface area contributed by atoms with Crippen molar-refractivity contribution in [2.75, 3.05) is 32.8 Å². The number of rotatable bonds is 3. The first-order valence-corrected chi connectivity index (χ1v) is 9.56. The molecule has 5 nitrogen and oxygen atoms in total. The molecular formula is C17H25N3O2S. The van der Waals surface area contributed by atoms with E-state index in [0.29, 0.717) is 18.5 Å². The Bertz CT molecular complexity index is 584. The van der Waals surface area contributed by atoms with Gasteiger partial charge in [-0.25, -0.2) is 4.98 Å². The predicted octanol–water partition coefficient (Wildman–Crippen LogP) is 2.05. The summed E-state index contributed by atoms with van der Waals surface area (Å²) < 4.78 is 5.55. The van der Waals surface area contributed by atoms with Crippen molar-refractivity contribution in [1.82, 2.24) is 14.8 Å². The Morgan fingerprint density at radius 1 is 1.43 bits per heavy atom. The molecule has 0 N–H and O–H groups in total. The quantitative estimate of drug-likeness (QED) is 0.848. The van der Waals surface area contributed by atoms with Gasteiger partial charge in [-0.05, 0) is 39.2 Å². The van der Waals surface area contributed by atoms with Gasteiger partial charge in [0.05, 0.1) is 29.3 Å². The van der Waals surface area contributed by atoms with Crippen LogP contribution >= 0.6 is 11.3 Å². The summed E-state index contributed by atoms with van der Waals surface area (Å²) in [4.78, 5) is 22.2. The average molecular weight is 335 g/mol. The van der Waals surface area contributed by atoms with Gasteiger partial charge < -0.3 is 9.64 Å². The monoisotopic (exact) mass is 335 g/mol. The predicted molar refractivity (Wildman–Crippen MR) is 89.3 cm³/mol. The van der Waals surface area contributed by atoms with Crippen molar-refractivity contribution in [2.24, 2.45) is 5.41 Å². The molecule has 2 atom stereocenters. The van der Waals surface area contributed by atoms with E-state index in [4.69, 9.17) is 4.74 Å². The number of aryl methyl sites for hydroxylation is 1. The first-order valence-electron chi connectivity index (χ1n) is 8.68. The minimum Gasteiger partial charge on any atom is -0.380 e. The van der Waals surface area contributed by atoms with Crippen molar-refractivity contribution in [3.63, 3.8) is 0 Å². The fourth-order valence-electron chi connectivity index (χ4n) is 4.39. The van der Waals surface area contributed by atoms with Crippen LogP contribution in [-0.4, -0.2) is 59.6 Å². The zero-order chi connectivity index (χ0) is 15.9. The van der Waals surface area contributed by atoms with Crippen LogP contribution in [0.3, 0.4) is 0 Å². The fraction of sp³-hybridized carbons (Fsp3) is 0.765. The molecule has 3 aliphatic rings. The summed E-state index contributed by atoms with van der Waals surface area (Å²) in [7, 11) is 0. The van der Waals surface area contributed by atoms with Crippen molar-refractivity contribution in [3.8, 4) is 0 Å². The molecule has 1 spiro atoms. The highest BCUT2D eigenvalue weighted by molar-refractivity contribution is 7.09. The van der Waals surface area contributed by atoms with Crippen LogP contribution in [0.1, 0.15) is 36.4 Å². The topological polar surface area (TPSA) is 45.7 Å². The Morgan fingerprint density at radius 3 is 3.09 bits per heavy atom. The Labute approximate surface area is 141 Å². The van der Waals surface area contributed by atoms with E-state index in [0.717, 1.165) is 69.2 Å². The molecular weight excluding hydrogens is 310 g/mol. The summed E-state index contributed by atoms with van der Waals surface area (Å²) in [6.07, 6.45) is 4.29. The molecule has 3 saturated heterocycles. The van der Waals surface area contributed by atoms with Crippen molar-refractivity contribution in [1.29, 1.82) is 0 Å². The van der Waals surface area contributed by atoms with Crippen LogP contribution < -0.4 is 0 Å². The van der Waals surface area contributed by atoms with E-state index in [-0.39, 0.29) is 5.41 Å². The van der Waals surface area contributed by atoms with Crippen molar-refractivity contribution >= 4 is 17.2 Å². The average Bonchev–Trinajstić information content (AvgIpc) is 3.27. The number of aromatic nitrogens is 1. The molecule has 3 fully saturated rings. The maximum absolute atomic E-state index is 13.1. The second-order valence-electron chi connectivity index (χ2n) is 7.21. The number of ether oxygens (including phenoxy) is 1. The van der Waals surface area contributed by atoms with Gasteiger partial charge in [0.1, 0.15) is 0 Å². The first-order chi connectivity index (χ1) is 11.2. The lowest BCUT2D eigenvalue weighted by molar-refractivity contribution is -0.139. The molecule has 6 heteroatoms. The van der Waals surface area contributed by atoms with Crippen LogP contribution in [0, 0.1) is 12.3 Å². The minimum atomic E-state index is -0.147. The van der Waals surface area contributed by atoms with Crippen LogP contribution in [0.25, 0.3) is 0 Å². The lowest BCUT2D eigenvalue weighted by atomic mass is 9.78. The standard InChI is InChI=1S/C17H25N3O2S/c1-13-18-14(11-23-13)9-19-7-5-17(16(19)21)4-2-6-20(12-17)15-3-8-22-10-15/h11,15H,2-10,12H2,1H3. The van der Waals surface area contributed by atoms with Gasteiger partial charge in [0.2, 0.25) is 5.91 Å². The maximum atomic E-state index is 13.1. The van der Waals surface area contributed by atoms with Crippen LogP contribution in [0.2, 0.25) is 0 Å². The highest BCUT2D eigenvalue weighted by Crippen LogP contribution is 2.41. The number of carbonyl (C=O) groups excluding carboxylic acids is 1. The lowest BCUT2D eigenvalue weighted by Crippen LogP contribution is -2.51. The molecule has 3 aliphatic heterocycles. The van der Waals surface area contributed by atoms with E-state index < -0.39 is 0 Å². The zero-order valence-corrected chi connectivity index (χ0v) is 14.6. The third-order valence-electron chi connectivity index (χ3n) is 5.65. The van der Waals surface area contributed by atoms with E-state index in [1.807, 2.05) is 11.8 Å². The molecule has 4 heterocycles. The summed E-state index contributed by atoms with van der Waals surface area (Å²) >= 11 is 1.66. The number of piperidine rings is 1. The zero-order valence-electron chi connectivity index (χ0n) is 13.8. The molecule has 0 saturated carbocycles. The Hall–Kier alpha value is -0.980. The summed E-state index contributed by atoms with van der Waals surface area (Å²) in [5, 5.41) is 3.16. The van der Waals surface area contributed by atoms with Crippen LogP contribution in [-0.2, 0) is 16.1 Å². The molecule has 1 amide bonds. The lowest BCUT2D eigenvalue weighted by Gasteiger charge is -2.41. The van der Waals surface area contributed by atoms with Crippen LogP contribution in [0.4, 0.5) is 0 Å². The molecule has 4 rings (SSSR count). The van der Waals surface area contributed by atoms with Crippen molar-refractivity contribution < 1.29 is 9.53 Å². The molecule has 23 heavy (non-hydrogen) atoms.